The largest absolute Gasteiger partial charge is 0.598 e. The van der Waals surface area contributed by atoms with Crippen LogP contribution in [0.4, 0.5) is 13.9 Å². The number of ether oxygens (including phenoxy) is 2. The third-order valence-electron chi connectivity index (χ3n) is 6.45. The number of hydrogen-bond donors (Lipinski definition) is 2. The summed E-state index contributed by atoms with van der Waals surface area (Å²) in [7, 11) is 0. The van der Waals surface area contributed by atoms with Gasteiger partial charge in [-0.1, -0.05) is 47.2 Å². The van der Waals surface area contributed by atoms with Gasteiger partial charge in [0.25, 0.3) is 0 Å². The summed E-state index contributed by atoms with van der Waals surface area (Å²) in [6.07, 6.45) is -2.61. The predicted octanol–water partition coefficient (Wildman–Crippen LogP) is 6.24. The zero-order valence-corrected chi connectivity index (χ0v) is 23.5. The van der Waals surface area contributed by atoms with E-state index in [0.29, 0.717) is 34.3 Å². The summed E-state index contributed by atoms with van der Waals surface area (Å²) in [5.74, 6) is -0.454. The number of alkyl halides is 2. The van der Waals surface area contributed by atoms with E-state index in [-0.39, 0.29) is 17.4 Å². The zero-order valence-electron chi connectivity index (χ0n) is 21.1. The van der Waals surface area contributed by atoms with Crippen LogP contribution in [-0.2, 0) is 21.6 Å². The molecular weight excluding hydrogens is 556 g/mol. The van der Waals surface area contributed by atoms with Crippen LogP contribution >= 0.6 is 22.9 Å². The molecule has 1 unspecified atom stereocenters. The monoisotopic (exact) mass is 581 g/mol. The second-order valence-corrected chi connectivity index (χ2v) is 13.7. The maximum atomic E-state index is 13.5. The molecule has 5 rings (SSSR count). The smallest absolute Gasteiger partial charge is 0.586 e. The molecule has 1 amide bonds. The molecule has 38 heavy (non-hydrogen) atoms. The van der Waals surface area contributed by atoms with Crippen molar-refractivity contribution in [2.24, 2.45) is 0 Å². The number of aryl methyl sites for hydroxylation is 1. The molecule has 1 aliphatic carbocycles. The third-order valence-corrected chi connectivity index (χ3v) is 9.50. The molecule has 2 aromatic carbocycles. The van der Waals surface area contributed by atoms with Gasteiger partial charge in [0.05, 0.1) is 16.0 Å². The molecule has 0 spiro atoms. The highest BCUT2D eigenvalue weighted by atomic mass is 35.5. The number of anilines is 1. The fourth-order valence-corrected chi connectivity index (χ4v) is 6.38. The van der Waals surface area contributed by atoms with Gasteiger partial charge in [-0.05, 0) is 69.9 Å². The molecule has 1 fully saturated rings. The number of nitrogens with one attached hydrogen (secondary N) is 2. The minimum atomic E-state index is -3.72. The quantitative estimate of drug-likeness (QED) is 0.321. The molecule has 1 aliphatic heterocycles. The number of carbonyl (C=O) groups is 1. The van der Waals surface area contributed by atoms with Crippen molar-refractivity contribution in [1.82, 2.24) is 9.71 Å². The molecule has 7 nitrogen and oxygen atoms in total. The Morgan fingerprint density at radius 3 is 2.53 bits per heavy atom. The molecule has 1 aromatic heterocycles. The fraction of sp³-hybridized carbons (Fsp3) is 0.385. The molecule has 2 heterocycles. The van der Waals surface area contributed by atoms with Gasteiger partial charge in [0.1, 0.15) is 10.8 Å². The first kappa shape index (κ1) is 27.1. The van der Waals surface area contributed by atoms with E-state index < -0.39 is 33.9 Å². The van der Waals surface area contributed by atoms with Crippen molar-refractivity contribution in [1.29, 1.82) is 0 Å². The third kappa shape index (κ3) is 5.22. The molecular formula is C26H26ClF2N3O4S2. The number of aromatic nitrogens is 1. The molecule has 202 valence electrons. The number of fused-ring (bicyclic) bond motifs is 1. The number of hydrogen-bond acceptors (Lipinski definition) is 7. The molecule has 3 aromatic rings. The van der Waals surface area contributed by atoms with Crippen molar-refractivity contribution in [3.05, 3.63) is 69.2 Å². The summed E-state index contributed by atoms with van der Waals surface area (Å²) >= 11 is 6.37. The summed E-state index contributed by atoms with van der Waals surface area (Å²) in [6.45, 7) is 7.43. The van der Waals surface area contributed by atoms with Crippen molar-refractivity contribution < 1.29 is 27.6 Å². The number of halogens is 3. The van der Waals surface area contributed by atoms with Crippen molar-refractivity contribution in [2.45, 2.75) is 63.0 Å². The van der Waals surface area contributed by atoms with Gasteiger partial charge in [0, 0.05) is 16.4 Å². The maximum absolute atomic E-state index is 13.5. The molecule has 0 saturated heterocycles. The Morgan fingerprint density at radius 1 is 1.18 bits per heavy atom. The number of amides is 1. The average molecular weight is 582 g/mol. The van der Waals surface area contributed by atoms with Crippen LogP contribution < -0.4 is 19.5 Å². The van der Waals surface area contributed by atoms with Crippen LogP contribution in [0.15, 0.2) is 42.5 Å². The maximum Gasteiger partial charge on any atom is 0.586 e. The van der Waals surface area contributed by atoms with E-state index in [1.54, 1.807) is 12.1 Å². The number of nitrogens with zero attached hydrogens (tertiary/aromatic N) is 1. The van der Waals surface area contributed by atoms with Crippen LogP contribution in [0, 0.1) is 6.92 Å². The number of benzene rings is 2. The molecule has 0 radical (unpaired) electrons. The van der Waals surface area contributed by atoms with Gasteiger partial charge in [-0.15, -0.1) is 13.5 Å². The first-order valence-corrected chi connectivity index (χ1v) is 14.3. The molecule has 2 aliphatic rings. The lowest BCUT2D eigenvalue weighted by Gasteiger charge is -2.28. The van der Waals surface area contributed by atoms with Gasteiger partial charge in [-0.3, -0.25) is 4.79 Å². The van der Waals surface area contributed by atoms with Crippen LogP contribution in [0.25, 0.3) is 0 Å². The Kier molecular flexibility index (Phi) is 6.88. The van der Waals surface area contributed by atoms with Crippen LogP contribution in [-0.4, -0.2) is 26.5 Å². The van der Waals surface area contributed by atoms with E-state index >= 15 is 0 Å². The molecule has 1 saturated carbocycles. The van der Waals surface area contributed by atoms with Crippen LogP contribution in [0.5, 0.6) is 11.5 Å². The second kappa shape index (κ2) is 9.63. The van der Waals surface area contributed by atoms with Crippen LogP contribution in [0.1, 0.15) is 61.4 Å². The average Bonchev–Trinajstić information content (AvgIpc) is 3.47. The van der Waals surface area contributed by atoms with E-state index in [9.17, 15) is 18.1 Å². The SMILES string of the molecule is Cc1nc(NC(=O)C2(c3ccc4c(c3)OC(F)(F)O4)CC2)sc1[C@H](N[S+]([O-])C(C)(C)C)c1ccccc1Cl. The van der Waals surface area contributed by atoms with Crippen LogP contribution in [0.3, 0.4) is 0 Å². The van der Waals surface area contributed by atoms with Gasteiger partial charge in [-0.2, -0.15) is 0 Å². The molecule has 2 atom stereocenters. The standard InChI is InChI=1S/C26H26ClF2N3O4S2/c1-14-21(20(32-38(34)24(2,3)4)16-7-5-6-8-17(16)27)37-23(30-14)31-22(33)25(11-12-25)15-9-10-18-19(13-15)36-26(28,29)35-18/h5-10,13,20,32H,11-12H2,1-4H3,(H,30,31,33)/t20-,38?/m1/s1. The predicted molar refractivity (Wildman–Crippen MR) is 143 cm³/mol. The first-order valence-electron chi connectivity index (χ1n) is 11.9. The van der Waals surface area contributed by atoms with Crippen molar-refractivity contribution in [3.8, 4) is 11.5 Å². The highest BCUT2D eigenvalue weighted by Crippen LogP contribution is 2.52. The van der Waals surface area contributed by atoms with E-state index in [4.69, 9.17) is 11.6 Å². The van der Waals surface area contributed by atoms with Crippen molar-refractivity contribution in [3.63, 3.8) is 0 Å². The summed E-state index contributed by atoms with van der Waals surface area (Å²) in [6, 6.07) is 11.2. The second-order valence-electron chi connectivity index (χ2n) is 10.3. The van der Waals surface area contributed by atoms with Crippen LogP contribution in [0.2, 0.25) is 5.02 Å². The van der Waals surface area contributed by atoms with E-state index in [1.165, 1.54) is 23.5 Å². The van der Waals surface area contributed by atoms with E-state index in [0.717, 1.165) is 10.4 Å². The fourth-order valence-electron chi connectivity index (χ4n) is 4.22. The summed E-state index contributed by atoms with van der Waals surface area (Å²) in [5, 5.41) is 3.79. The van der Waals surface area contributed by atoms with Gasteiger partial charge in [0.2, 0.25) is 5.91 Å². The Balaban J connectivity index is 1.40. The number of thiazole rings is 1. The lowest BCUT2D eigenvalue weighted by atomic mass is 9.94. The number of rotatable bonds is 7. The lowest BCUT2D eigenvalue weighted by Crippen LogP contribution is -2.41. The van der Waals surface area contributed by atoms with Gasteiger partial charge < -0.3 is 19.3 Å². The molecule has 0 bridgehead atoms. The topological polar surface area (TPSA) is 95.5 Å². The highest BCUT2D eigenvalue weighted by molar-refractivity contribution is 7.90. The van der Waals surface area contributed by atoms with Crippen molar-refractivity contribution in [2.75, 3.05) is 5.32 Å². The Hall–Kier alpha value is -2.44. The summed E-state index contributed by atoms with van der Waals surface area (Å²) in [4.78, 5) is 18.7. The van der Waals surface area contributed by atoms with Gasteiger partial charge in [-0.25, -0.2) is 4.98 Å². The van der Waals surface area contributed by atoms with Gasteiger partial charge >= 0.3 is 6.29 Å². The minimum Gasteiger partial charge on any atom is -0.598 e. The Bertz CT molecular complexity index is 1390. The highest BCUT2D eigenvalue weighted by Gasteiger charge is 2.53. The minimum absolute atomic E-state index is 0.0686. The molecule has 12 heteroatoms. The normalized spacial score (nSPS) is 18.6. The Labute approximate surface area is 231 Å². The zero-order chi connectivity index (χ0) is 27.5. The number of carbonyl (C=O) groups excluding carboxylic acids is 1. The van der Waals surface area contributed by atoms with Gasteiger partial charge in [0.15, 0.2) is 16.6 Å². The van der Waals surface area contributed by atoms with E-state index in [1.807, 2.05) is 45.9 Å². The Morgan fingerprint density at radius 2 is 1.87 bits per heavy atom. The summed E-state index contributed by atoms with van der Waals surface area (Å²) in [5.41, 5.74) is 1.10. The van der Waals surface area contributed by atoms with Crippen molar-refractivity contribution >= 4 is 45.3 Å². The first-order chi connectivity index (χ1) is 17.8. The van der Waals surface area contributed by atoms with E-state index in [2.05, 4.69) is 24.5 Å². The lowest BCUT2D eigenvalue weighted by molar-refractivity contribution is -0.286. The molecule has 2 N–H and O–H groups in total. The summed E-state index contributed by atoms with van der Waals surface area (Å²) < 4.78 is 51.7.